The van der Waals surface area contributed by atoms with Crippen molar-refractivity contribution in [1.82, 2.24) is 5.43 Å². The Kier molecular flexibility index (Phi) is 6.68. The molecule has 5 nitrogen and oxygen atoms in total. The third-order valence-electron chi connectivity index (χ3n) is 4.82. The van der Waals surface area contributed by atoms with E-state index in [-0.39, 0.29) is 5.91 Å². The van der Waals surface area contributed by atoms with Crippen molar-refractivity contribution in [3.8, 4) is 17.1 Å². The fourth-order valence-electron chi connectivity index (χ4n) is 3.16. The summed E-state index contributed by atoms with van der Waals surface area (Å²) < 4.78 is 11.7. The number of aryl methyl sites for hydroxylation is 1. The molecule has 0 radical (unpaired) electrons. The summed E-state index contributed by atoms with van der Waals surface area (Å²) in [5.41, 5.74) is 5.90. The Hall–Kier alpha value is -3.83. The molecule has 32 heavy (non-hydrogen) atoms. The van der Waals surface area contributed by atoms with E-state index >= 15 is 0 Å². The van der Waals surface area contributed by atoms with Crippen LogP contribution in [0.3, 0.4) is 0 Å². The molecule has 3 aromatic carbocycles. The van der Waals surface area contributed by atoms with Gasteiger partial charge in [-0.2, -0.15) is 5.10 Å². The zero-order chi connectivity index (χ0) is 22.3. The predicted molar refractivity (Wildman–Crippen MR) is 126 cm³/mol. The largest absolute Gasteiger partial charge is 0.488 e. The van der Waals surface area contributed by atoms with Crippen LogP contribution in [0.1, 0.15) is 27.2 Å². The molecule has 0 aliphatic carbocycles. The maximum Gasteiger partial charge on any atom is 0.275 e. The van der Waals surface area contributed by atoms with Crippen LogP contribution < -0.4 is 10.2 Å². The van der Waals surface area contributed by atoms with Gasteiger partial charge in [-0.1, -0.05) is 60.1 Å². The van der Waals surface area contributed by atoms with E-state index in [4.69, 9.17) is 20.8 Å². The predicted octanol–water partition coefficient (Wildman–Crippen LogP) is 6.25. The van der Waals surface area contributed by atoms with Crippen molar-refractivity contribution < 1.29 is 13.9 Å². The zero-order valence-corrected chi connectivity index (χ0v) is 18.2. The van der Waals surface area contributed by atoms with Gasteiger partial charge >= 0.3 is 0 Å². The first kappa shape index (κ1) is 21.4. The van der Waals surface area contributed by atoms with E-state index in [9.17, 15) is 4.79 Å². The van der Waals surface area contributed by atoms with Gasteiger partial charge < -0.3 is 9.15 Å². The number of nitrogens with one attached hydrogen (secondary N) is 1. The highest BCUT2D eigenvalue weighted by Gasteiger charge is 2.12. The van der Waals surface area contributed by atoms with E-state index in [0.29, 0.717) is 34.5 Å². The smallest absolute Gasteiger partial charge is 0.275 e. The fraction of sp³-hybridized carbons (Fsp3) is 0.0769. The SMILES string of the molecule is Cc1ccc(Cl)cc1-c1ccc(/C=N/NC(=O)c2ccccc2OCc2ccccc2)o1. The molecule has 1 aromatic heterocycles. The lowest BCUT2D eigenvalue weighted by Crippen LogP contribution is -2.18. The van der Waals surface area contributed by atoms with Crippen molar-refractivity contribution >= 4 is 23.7 Å². The van der Waals surface area contributed by atoms with Crippen LogP contribution in [0.2, 0.25) is 5.02 Å². The first-order chi connectivity index (χ1) is 15.6. The van der Waals surface area contributed by atoms with Crippen molar-refractivity contribution in [3.63, 3.8) is 0 Å². The maximum atomic E-state index is 12.6. The number of hydrogen-bond donors (Lipinski definition) is 1. The number of halogens is 1. The highest BCUT2D eigenvalue weighted by molar-refractivity contribution is 6.30. The minimum Gasteiger partial charge on any atom is -0.488 e. The lowest BCUT2D eigenvalue weighted by atomic mass is 10.1. The number of amides is 1. The number of hydrazone groups is 1. The summed E-state index contributed by atoms with van der Waals surface area (Å²) in [6, 6.07) is 26.1. The lowest BCUT2D eigenvalue weighted by molar-refractivity contribution is 0.0950. The second-order valence-electron chi connectivity index (χ2n) is 7.13. The molecule has 0 unspecified atom stereocenters. The summed E-state index contributed by atoms with van der Waals surface area (Å²) in [5, 5.41) is 4.66. The molecule has 0 bridgehead atoms. The molecule has 0 saturated carbocycles. The summed E-state index contributed by atoms with van der Waals surface area (Å²) in [5.74, 6) is 1.30. The molecule has 0 saturated heterocycles. The third kappa shape index (κ3) is 5.25. The first-order valence-corrected chi connectivity index (χ1v) is 10.4. The number of rotatable bonds is 7. The molecule has 0 aliphatic heterocycles. The van der Waals surface area contributed by atoms with Gasteiger partial charge in [-0.25, -0.2) is 5.43 Å². The quantitative estimate of drug-likeness (QED) is 0.270. The maximum absolute atomic E-state index is 12.6. The third-order valence-corrected chi connectivity index (χ3v) is 5.05. The van der Waals surface area contributed by atoms with Crippen LogP contribution in [0.25, 0.3) is 11.3 Å². The molecule has 1 heterocycles. The van der Waals surface area contributed by atoms with Crippen molar-refractivity contribution in [2.75, 3.05) is 0 Å². The Morgan fingerprint density at radius 1 is 1.03 bits per heavy atom. The molecule has 1 N–H and O–H groups in total. The Morgan fingerprint density at radius 2 is 1.81 bits per heavy atom. The van der Waals surface area contributed by atoms with Gasteiger partial charge in [-0.05, 0) is 54.4 Å². The van der Waals surface area contributed by atoms with Crippen molar-refractivity contribution in [3.05, 3.63) is 112 Å². The highest BCUT2D eigenvalue weighted by atomic mass is 35.5. The highest BCUT2D eigenvalue weighted by Crippen LogP contribution is 2.28. The summed E-state index contributed by atoms with van der Waals surface area (Å²) in [4.78, 5) is 12.6. The van der Waals surface area contributed by atoms with Crippen LogP contribution in [0, 0.1) is 6.92 Å². The van der Waals surface area contributed by atoms with Gasteiger partial charge in [0, 0.05) is 10.6 Å². The Morgan fingerprint density at radius 3 is 2.66 bits per heavy atom. The van der Waals surface area contributed by atoms with Crippen molar-refractivity contribution in [2.45, 2.75) is 13.5 Å². The average molecular weight is 445 g/mol. The van der Waals surface area contributed by atoms with Crippen LogP contribution in [-0.2, 0) is 6.61 Å². The van der Waals surface area contributed by atoms with Crippen LogP contribution in [0.5, 0.6) is 5.75 Å². The number of carbonyl (C=O) groups excluding carboxylic acids is 1. The lowest BCUT2D eigenvalue weighted by Gasteiger charge is -2.10. The van der Waals surface area contributed by atoms with E-state index in [0.717, 1.165) is 16.7 Å². The van der Waals surface area contributed by atoms with Crippen LogP contribution in [0.15, 0.2) is 94.4 Å². The number of ether oxygens (including phenoxy) is 1. The van der Waals surface area contributed by atoms with Crippen LogP contribution >= 0.6 is 11.6 Å². The van der Waals surface area contributed by atoms with Crippen LogP contribution in [-0.4, -0.2) is 12.1 Å². The van der Waals surface area contributed by atoms with Gasteiger partial charge in [0.25, 0.3) is 5.91 Å². The van der Waals surface area contributed by atoms with Crippen molar-refractivity contribution in [1.29, 1.82) is 0 Å². The Balaban J connectivity index is 1.41. The van der Waals surface area contributed by atoms with Gasteiger partial charge in [0.2, 0.25) is 0 Å². The molecule has 6 heteroatoms. The number of hydrogen-bond acceptors (Lipinski definition) is 4. The standard InChI is InChI=1S/C26H21ClN2O3/c1-18-11-12-20(27)15-23(18)25-14-13-21(32-25)16-28-29-26(30)22-9-5-6-10-24(22)31-17-19-7-3-2-4-8-19/h2-16H,17H2,1H3,(H,29,30)/b28-16+. The van der Waals surface area contributed by atoms with Crippen LogP contribution in [0.4, 0.5) is 0 Å². The van der Waals surface area contributed by atoms with Gasteiger partial charge in [-0.15, -0.1) is 0 Å². The average Bonchev–Trinajstić information content (AvgIpc) is 3.29. The number of furan rings is 1. The first-order valence-electron chi connectivity index (χ1n) is 10.1. The Labute approximate surface area is 191 Å². The molecular formula is C26H21ClN2O3. The van der Waals surface area contributed by atoms with Crippen molar-refractivity contribution in [2.24, 2.45) is 5.10 Å². The molecule has 4 rings (SSSR count). The summed E-state index contributed by atoms with van der Waals surface area (Å²) in [6.07, 6.45) is 1.45. The molecule has 160 valence electrons. The van der Waals surface area contributed by atoms with E-state index in [1.807, 2.05) is 67.6 Å². The van der Waals surface area contributed by atoms with Gasteiger partial charge in [0.05, 0.1) is 11.8 Å². The minimum absolute atomic E-state index is 0.368. The van der Waals surface area contributed by atoms with E-state index in [1.165, 1.54) is 6.21 Å². The molecule has 0 aliphatic rings. The summed E-state index contributed by atoms with van der Waals surface area (Å²) >= 11 is 6.09. The molecule has 0 fully saturated rings. The fourth-order valence-corrected chi connectivity index (χ4v) is 3.33. The van der Waals surface area contributed by atoms with Gasteiger partial charge in [0.1, 0.15) is 23.9 Å². The number of benzene rings is 3. The second-order valence-corrected chi connectivity index (χ2v) is 7.57. The molecule has 0 spiro atoms. The summed E-state index contributed by atoms with van der Waals surface area (Å²) in [6.45, 7) is 2.35. The molecule has 4 aromatic rings. The number of carbonyl (C=O) groups is 1. The summed E-state index contributed by atoms with van der Waals surface area (Å²) in [7, 11) is 0. The van der Waals surface area contributed by atoms with E-state index < -0.39 is 0 Å². The number of para-hydroxylation sites is 1. The van der Waals surface area contributed by atoms with E-state index in [2.05, 4.69) is 10.5 Å². The second kappa shape index (κ2) is 9.98. The topological polar surface area (TPSA) is 63.8 Å². The zero-order valence-electron chi connectivity index (χ0n) is 17.4. The number of nitrogens with zero attached hydrogens (tertiary/aromatic N) is 1. The molecule has 1 amide bonds. The molecule has 0 atom stereocenters. The Bertz CT molecular complexity index is 1250. The monoisotopic (exact) mass is 444 g/mol. The van der Waals surface area contributed by atoms with Gasteiger partial charge in [-0.3, -0.25) is 4.79 Å². The normalized spacial score (nSPS) is 10.9. The van der Waals surface area contributed by atoms with Gasteiger partial charge in [0.15, 0.2) is 0 Å². The minimum atomic E-state index is -0.373. The molecular weight excluding hydrogens is 424 g/mol. The van der Waals surface area contributed by atoms with E-state index in [1.54, 1.807) is 24.3 Å².